The molecular formula is C22H28BrNO3. The first kappa shape index (κ1) is 20.3. The fourth-order valence-corrected chi connectivity index (χ4v) is 3.77. The second-order valence-electron chi connectivity index (χ2n) is 7.24. The van der Waals surface area contributed by atoms with Gasteiger partial charge >= 0.3 is 0 Å². The van der Waals surface area contributed by atoms with Gasteiger partial charge in [-0.25, -0.2) is 0 Å². The van der Waals surface area contributed by atoms with Crippen LogP contribution in [-0.4, -0.2) is 48.5 Å². The predicted octanol–water partition coefficient (Wildman–Crippen LogP) is 4.27. The Morgan fingerprint density at radius 2 is 1.96 bits per heavy atom. The van der Waals surface area contributed by atoms with Crippen molar-refractivity contribution in [2.75, 3.05) is 26.3 Å². The highest BCUT2D eigenvalue weighted by Crippen LogP contribution is 2.29. The minimum atomic E-state index is -0.545. The third-order valence-electron chi connectivity index (χ3n) is 5.32. The van der Waals surface area contributed by atoms with Crippen LogP contribution in [-0.2, 0) is 4.74 Å². The van der Waals surface area contributed by atoms with Crippen molar-refractivity contribution in [2.45, 2.75) is 39.0 Å². The van der Waals surface area contributed by atoms with Crippen molar-refractivity contribution in [3.63, 3.8) is 0 Å². The van der Waals surface area contributed by atoms with Crippen LogP contribution in [0.15, 0.2) is 46.9 Å². The number of rotatable bonds is 6. The van der Waals surface area contributed by atoms with Crippen LogP contribution in [0.5, 0.6) is 5.75 Å². The molecule has 4 nitrogen and oxygen atoms in total. The van der Waals surface area contributed by atoms with Crippen LogP contribution in [0.2, 0.25) is 0 Å². The summed E-state index contributed by atoms with van der Waals surface area (Å²) < 4.78 is 12.9. The molecule has 1 saturated heterocycles. The Labute approximate surface area is 170 Å². The van der Waals surface area contributed by atoms with Crippen molar-refractivity contribution in [1.29, 1.82) is 0 Å². The lowest BCUT2D eigenvalue weighted by Crippen LogP contribution is -2.49. The summed E-state index contributed by atoms with van der Waals surface area (Å²) >= 11 is 3.48. The third kappa shape index (κ3) is 5.11. The molecule has 1 fully saturated rings. The molecule has 0 amide bonds. The third-order valence-corrected chi connectivity index (χ3v) is 5.85. The van der Waals surface area contributed by atoms with E-state index in [4.69, 9.17) is 9.47 Å². The van der Waals surface area contributed by atoms with E-state index in [-0.39, 0.29) is 18.8 Å². The van der Waals surface area contributed by atoms with Crippen LogP contribution in [0.4, 0.5) is 0 Å². The molecule has 0 bridgehead atoms. The topological polar surface area (TPSA) is 41.9 Å². The number of benzene rings is 2. The summed E-state index contributed by atoms with van der Waals surface area (Å²) in [5, 5.41) is 10.5. The second kappa shape index (κ2) is 9.20. The number of halogens is 1. The SMILES string of the molecule is Cc1cccc(OCC(O)CN2CCOC(c3ccc(Br)cc3)C2C)c1C. The van der Waals surface area contributed by atoms with Gasteiger partial charge in [-0.2, -0.15) is 0 Å². The van der Waals surface area contributed by atoms with E-state index < -0.39 is 6.10 Å². The fraction of sp³-hybridized carbons (Fsp3) is 0.455. The van der Waals surface area contributed by atoms with E-state index >= 15 is 0 Å². The molecule has 27 heavy (non-hydrogen) atoms. The number of aliphatic hydroxyl groups excluding tert-OH is 1. The Morgan fingerprint density at radius 3 is 2.70 bits per heavy atom. The minimum absolute atomic E-state index is 0.0129. The number of β-amino-alcohol motifs (C(OH)–C–C–N with tert-alkyl or cyclic N) is 1. The van der Waals surface area contributed by atoms with E-state index in [2.05, 4.69) is 52.9 Å². The molecule has 5 heteroatoms. The lowest BCUT2D eigenvalue weighted by Gasteiger charge is -2.40. The molecule has 0 aromatic heterocycles. The molecule has 1 N–H and O–H groups in total. The lowest BCUT2D eigenvalue weighted by atomic mass is 10.0. The summed E-state index contributed by atoms with van der Waals surface area (Å²) in [6, 6.07) is 14.5. The molecule has 3 atom stereocenters. The number of hydrogen-bond donors (Lipinski definition) is 1. The molecule has 3 unspecified atom stereocenters. The average molecular weight is 434 g/mol. The molecule has 0 radical (unpaired) electrons. The van der Waals surface area contributed by atoms with Crippen molar-refractivity contribution in [3.8, 4) is 5.75 Å². The number of aryl methyl sites for hydroxylation is 1. The van der Waals surface area contributed by atoms with E-state index in [1.54, 1.807) is 0 Å². The zero-order chi connectivity index (χ0) is 19.4. The predicted molar refractivity (Wildman–Crippen MR) is 111 cm³/mol. The Balaban J connectivity index is 1.57. The molecule has 3 rings (SSSR count). The Morgan fingerprint density at radius 1 is 1.22 bits per heavy atom. The largest absolute Gasteiger partial charge is 0.491 e. The number of ether oxygens (including phenoxy) is 2. The van der Waals surface area contributed by atoms with Gasteiger partial charge < -0.3 is 14.6 Å². The standard InChI is InChI=1S/C22H28BrNO3/c1-15-5-4-6-21(16(15)2)27-14-20(25)13-24-11-12-26-22(17(24)3)18-7-9-19(23)10-8-18/h4-10,17,20,22,25H,11-14H2,1-3H3. The van der Waals surface area contributed by atoms with E-state index in [0.717, 1.165) is 27.9 Å². The van der Waals surface area contributed by atoms with E-state index in [0.29, 0.717) is 13.2 Å². The summed E-state index contributed by atoms with van der Waals surface area (Å²) in [5.41, 5.74) is 3.48. The van der Waals surface area contributed by atoms with Crippen molar-refractivity contribution < 1.29 is 14.6 Å². The Bertz CT molecular complexity index is 750. The van der Waals surface area contributed by atoms with Gasteiger partial charge in [0, 0.05) is 23.6 Å². The van der Waals surface area contributed by atoms with Crippen molar-refractivity contribution >= 4 is 15.9 Å². The van der Waals surface area contributed by atoms with Gasteiger partial charge in [0.05, 0.1) is 12.7 Å². The molecule has 2 aromatic carbocycles. The van der Waals surface area contributed by atoms with Gasteiger partial charge in [0.15, 0.2) is 0 Å². The zero-order valence-corrected chi connectivity index (χ0v) is 17.8. The molecule has 0 spiro atoms. The molecule has 0 saturated carbocycles. The van der Waals surface area contributed by atoms with Crippen LogP contribution in [0.3, 0.4) is 0 Å². The van der Waals surface area contributed by atoms with E-state index in [1.165, 1.54) is 5.56 Å². The van der Waals surface area contributed by atoms with Crippen molar-refractivity contribution in [1.82, 2.24) is 4.90 Å². The number of nitrogens with zero attached hydrogens (tertiary/aromatic N) is 1. The Kier molecular flexibility index (Phi) is 6.93. The number of morpholine rings is 1. The first-order valence-corrected chi connectivity index (χ1v) is 10.2. The second-order valence-corrected chi connectivity index (χ2v) is 8.16. The first-order valence-electron chi connectivity index (χ1n) is 9.44. The van der Waals surface area contributed by atoms with Gasteiger partial charge in [-0.3, -0.25) is 4.90 Å². The van der Waals surface area contributed by atoms with Gasteiger partial charge in [0.1, 0.15) is 18.5 Å². The quantitative estimate of drug-likeness (QED) is 0.738. The molecular weight excluding hydrogens is 406 g/mol. The van der Waals surface area contributed by atoms with Gasteiger partial charge in [0.2, 0.25) is 0 Å². The number of hydrogen-bond acceptors (Lipinski definition) is 4. The smallest absolute Gasteiger partial charge is 0.122 e. The van der Waals surface area contributed by atoms with Crippen molar-refractivity contribution in [2.24, 2.45) is 0 Å². The van der Waals surface area contributed by atoms with Crippen LogP contribution in [0.1, 0.15) is 29.7 Å². The first-order chi connectivity index (χ1) is 13.0. The summed E-state index contributed by atoms with van der Waals surface area (Å²) in [6.45, 7) is 8.61. The van der Waals surface area contributed by atoms with Gasteiger partial charge in [-0.15, -0.1) is 0 Å². The van der Waals surface area contributed by atoms with Crippen LogP contribution < -0.4 is 4.74 Å². The summed E-state index contributed by atoms with van der Waals surface area (Å²) in [6.07, 6.45) is -0.532. The molecule has 1 aliphatic heterocycles. The Hall–Kier alpha value is -1.40. The van der Waals surface area contributed by atoms with Gasteiger partial charge in [-0.05, 0) is 55.7 Å². The average Bonchev–Trinajstić information content (AvgIpc) is 2.65. The summed E-state index contributed by atoms with van der Waals surface area (Å²) in [4.78, 5) is 2.29. The molecule has 1 aliphatic rings. The maximum Gasteiger partial charge on any atom is 0.122 e. The number of aliphatic hydroxyl groups is 1. The molecule has 0 aliphatic carbocycles. The molecule has 1 heterocycles. The summed E-state index contributed by atoms with van der Waals surface area (Å²) in [7, 11) is 0. The molecule has 146 valence electrons. The monoisotopic (exact) mass is 433 g/mol. The highest BCUT2D eigenvalue weighted by atomic mass is 79.9. The van der Waals surface area contributed by atoms with Gasteiger partial charge in [0.25, 0.3) is 0 Å². The van der Waals surface area contributed by atoms with E-state index in [9.17, 15) is 5.11 Å². The normalized spacial score (nSPS) is 21.8. The fourth-order valence-electron chi connectivity index (χ4n) is 3.51. The lowest BCUT2D eigenvalue weighted by molar-refractivity contribution is -0.0804. The zero-order valence-electron chi connectivity index (χ0n) is 16.2. The molecule has 2 aromatic rings. The highest BCUT2D eigenvalue weighted by Gasteiger charge is 2.31. The highest BCUT2D eigenvalue weighted by molar-refractivity contribution is 9.10. The van der Waals surface area contributed by atoms with Crippen LogP contribution >= 0.6 is 15.9 Å². The maximum atomic E-state index is 10.5. The van der Waals surface area contributed by atoms with Crippen LogP contribution in [0.25, 0.3) is 0 Å². The van der Waals surface area contributed by atoms with Gasteiger partial charge in [-0.1, -0.05) is 40.2 Å². The van der Waals surface area contributed by atoms with Crippen LogP contribution in [0, 0.1) is 13.8 Å². The van der Waals surface area contributed by atoms with Crippen molar-refractivity contribution in [3.05, 3.63) is 63.6 Å². The maximum absolute atomic E-state index is 10.5. The van der Waals surface area contributed by atoms with E-state index in [1.807, 2.05) is 31.2 Å². The minimum Gasteiger partial charge on any atom is -0.491 e. The summed E-state index contributed by atoms with van der Waals surface area (Å²) in [5.74, 6) is 0.844.